The third kappa shape index (κ3) is 2.91. The van der Waals surface area contributed by atoms with Crippen molar-refractivity contribution in [2.75, 3.05) is 0 Å². The van der Waals surface area contributed by atoms with Crippen LogP contribution in [0.3, 0.4) is 0 Å². The first-order valence-corrected chi connectivity index (χ1v) is 6.39. The molecule has 2 aromatic rings. The summed E-state index contributed by atoms with van der Waals surface area (Å²) in [6, 6.07) is 10.7. The molecular weight excluding hydrogens is 281 g/mol. The maximum Gasteiger partial charge on any atom is 0.123 e. The predicted octanol–water partition coefficient (Wildman–Crippen LogP) is 4.46. The maximum absolute atomic E-state index is 13.2. The van der Waals surface area contributed by atoms with Gasteiger partial charge in [0.05, 0.1) is 0 Å². The van der Waals surface area contributed by atoms with Gasteiger partial charge in [0.2, 0.25) is 0 Å². The lowest BCUT2D eigenvalue weighted by Crippen LogP contribution is -2.02. The van der Waals surface area contributed by atoms with Crippen molar-refractivity contribution in [1.29, 1.82) is 0 Å². The molecule has 0 N–H and O–H groups in total. The fourth-order valence-electron chi connectivity index (χ4n) is 1.80. The zero-order chi connectivity index (χ0) is 12.3. The van der Waals surface area contributed by atoms with Crippen LogP contribution in [0.2, 0.25) is 0 Å². The van der Waals surface area contributed by atoms with E-state index in [1.54, 1.807) is 24.5 Å². The highest BCUT2D eigenvalue weighted by Crippen LogP contribution is 2.37. The Morgan fingerprint density at radius 2 is 1.82 bits per heavy atom. The van der Waals surface area contributed by atoms with Crippen LogP contribution in [0.25, 0.3) is 0 Å². The molecule has 1 nitrogen and oxygen atoms in total. The monoisotopic (exact) mass is 293 g/mol. The number of hydrogen-bond acceptors (Lipinski definition) is 1. The predicted molar refractivity (Wildman–Crippen MR) is 70.7 cm³/mol. The van der Waals surface area contributed by atoms with Crippen LogP contribution >= 0.6 is 15.9 Å². The van der Waals surface area contributed by atoms with E-state index in [1.807, 2.05) is 18.2 Å². The van der Waals surface area contributed by atoms with Crippen molar-refractivity contribution in [3.63, 3.8) is 0 Å². The van der Waals surface area contributed by atoms with E-state index < -0.39 is 0 Å². The van der Waals surface area contributed by atoms with Crippen LogP contribution in [0.1, 0.15) is 28.8 Å². The molecule has 0 radical (unpaired) electrons. The van der Waals surface area contributed by atoms with Gasteiger partial charge >= 0.3 is 0 Å². The van der Waals surface area contributed by atoms with E-state index in [2.05, 4.69) is 27.8 Å². The third-order valence-corrected chi connectivity index (χ3v) is 4.16. The van der Waals surface area contributed by atoms with E-state index in [1.165, 1.54) is 11.6 Å². The minimum atomic E-state index is -0.200. The van der Waals surface area contributed by atoms with Gasteiger partial charge in [0.15, 0.2) is 0 Å². The lowest BCUT2D eigenvalue weighted by molar-refractivity contribution is 0.623. The largest absolute Gasteiger partial charge is 0.265 e. The average molecular weight is 294 g/mol. The second kappa shape index (κ2) is 5.41. The second-order valence-corrected chi connectivity index (χ2v) is 5.01. The van der Waals surface area contributed by atoms with Crippen LogP contribution in [0.15, 0.2) is 48.8 Å². The molecule has 0 spiro atoms. The number of pyridine rings is 1. The van der Waals surface area contributed by atoms with Crippen LogP contribution in [0.4, 0.5) is 4.39 Å². The summed E-state index contributed by atoms with van der Waals surface area (Å²) in [4.78, 5) is 4.10. The summed E-state index contributed by atoms with van der Waals surface area (Å²) >= 11 is 3.64. The van der Waals surface area contributed by atoms with Crippen LogP contribution in [-0.2, 0) is 0 Å². The Hall–Kier alpha value is -1.22. The highest BCUT2D eigenvalue weighted by Gasteiger charge is 2.18. The lowest BCUT2D eigenvalue weighted by Gasteiger charge is -2.19. The van der Waals surface area contributed by atoms with E-state index in [-0.39, 0.29) is 16.6 Å². The molecule has 17 heavy (non-hydrogen) atoms. The van der Waals surface area contributed by atoms with Crippen LogP contribution in [0.5, 0.6) is 0 Å². The molecule has 2 unspecified atom stereocenters. The van der Waals surface area contributed by atoms with Crippen LogP contribution in [0, 0.1) is 5.82 Å². The first-order chi connectivity index (χ1) is 8.18. The number of alkyl halides is 1. The highest BCUT2D eigenvalue weighted by molar-refractivity contribution is 9.09. The Bertz CT molecular complexity index is 487. The molecule has 0 saturated carbocycles. The lowest BCUT2D eigenvalue weighted by atomic mass is 9.94. The Morgan fingerprint density at radius 3 is 2.47 bits per heavy atom. The summed E-state index contributed by atoms with van der Waals surface area (Å²) in [5.41, 5.74) is 2.14. The Kier molecular flexibility index (Phi) is 3.89. The normalized spacial score (nSPS) is 14.3. The summed E-state index contributed by atoms with van der Waals surface area (Å²) in [7, 11) is 0. The molecular formula is C14H13BrFN. The van der Waals surface area contributed by atoms with Gasteiger partial charge in [0.25, 0.3) is 0 Å². The van der Waals surface area contributed by atoms with Gasteiger partial charge in [-0.25, -0.2) is 4.39 Å². The van der Waals surface area contributed by atoms with E-state index >= 15 is 0 Å². The molecule has 0 saturated heterocycles. The number of hydrogen-bond donors (Lipinski definition) is 0. The summed E-state index contributed by atoms with van der Waals surface area (Å²) in [5, 5.41) is 0. The van der Waals surface area contributed by atoms with Gasteiger partial charge in [-0.05, 0) is 41.3 Å². The molecule has 0 bridgehead atoms. The van der Waals surface area contributed by atoms with Crippen molar-refractivity contribution in [1.82, 2.24) is 4.98 Å². The smallest absolute Gasteiger partial charge is 0.123 e. The van der Waals surface area contributed by atoms with Crippen molar-refractivity contribution < 1.29 is 4.39 Å². The SMILES string of the molecule is CC(c1ccncc1)C(Br)c1cccc(F)c1. The van der Waals surface area contributed by atoms with Crippen molar-refractivity contribution in [2.24, 2.45) is 0 Å². The van der Waals surface area contributed by atoms with Crippen molar-refractivity contribution in [2.45, 2.75) is 17.7 Å². The summed E-state index contributed by atoms with van der Waals surface area (Å²) in [6.07, 6.45) is 3.55. The maximum atomic E-state index is 13.2. The molecule has 88 valence electrons. The Morgan fingerprint density at radius 1 is 1.12 bits per heavy atom. The molecule has 1 aromatic heterocycles. The molecule has 1 aromatic carbocycles. The quantitative estimate of drug-likeness (QED) is 0.762. The number of rotatable bonds is 3. The molecule has 0 aliphatic rings. The van der Waals surface area contributed by atoms with E-state index in [4.69, 9.17) is 0 Å². The molecule has 0 aliphatic carbocycles. The standard InChI is InChI=1S/C14H13BrFN/c1-10(11-5-7-17-8-6-11)14(15)12-3-2-4-13(16)9-12/h2-10,14H,1H3. The second-order valence-electron chi connectivity index (χ2n) is 4.03. The van der Waals surface area contributed by atoms with Crippen molar-refractivity contribution in [3.05, 3.63) is 65.7 Å². The zero-order valence-corrected chi connectivity index (χ0v) is 11.1. The summed E-state index contributed by atoms with van der Waals surface area (Å²) in [5.74, 6) is 0.0636. The summed E-state index contributed by atoms with van der Waals surface area (Å²) in [6.45, 7) is 2.11. The van der Waals surface area contributed by atoms with Gasteiger partial charge in [-0.3, -0.25) is 4.98 Å². The molecule has 2 atom stereocenters. The van der Waals surface area contributed by atoms with Gasteiger partial charge in [-0.15, -0.1) is 0 Å². The van der Waals surface area contributed by atoms with Crippen LogP contribution in [-0.4, -0.2) is 4.98 Å². The number of nitrogens with zero attached hydrogens (tertiary/aromatic N) is 1. The molecule has 2 rings (SSSR count). The fraction of sp³-hybridized carbons (Fsp3) is 0.214. The minimum Gasteiger partial charge on any atom is -0.265 e. The highest BCUT2D eigenvalue weighted by atomic mass is 79.9. The number of aromatic nitrogens is 1. The molecule has 1 heterocycles. The zero-order valence-electron chi connectivity index (χ0n) is 9.48. The first-order valence-electron chi connectivity index (χ1n) is 5.48. The van der Waals surface area contributed by atoms with Crippen molar-refractivity contribution in [3.8, 4) is 0 Å². The topological polar surface area (TPSA) is 12.9 Å². The molecule has 0 aliphatic heterocycles. The third-order valence-electron chi connectivity index (χ3n) is 2.84. The van der Waals surface area contributed by atoms with Crippen molar-refractivity contribution >= 4 is 15.9 Å². The average Bonchev–Trinajstić information content (AvgIpc) is 2.38. The summed E-state index contributed by atoms with van der Waals surface area (Å²) < 4.78 is 13.2. The van der Waals surface area contributed by atoms with Crippen LogP contribution < -0.4 is 0 Å². The van der Waals surface area contributed by atoms with Gasteiger partial charge < -0.3 is 0 Å². The Balaban J connectivity index is 2.23. The minimum absolute atomic E-state index is 0.0978. The number of benzene rings is 1. The molecule has 0 fully saturated rings. The Labute approximate surface area is 109 Å². The van der Waals surface area contributed by atoms with E-state index in [9.17, 15) is 4.39 Å². The van der Waals surface area contributed by atoms with Gasteiger partial charge in [0.1, 0.15) is 5.82 Å². The first kappa shape index (κ1) is 12.2. The van der Waals surface area contributed by atoms with E-state index in [0.717, 1.165) is 5.56 Å². The van der Waals surface area contributed by atoms with Gasteiger partial charge in [-0.1, -0.05) is 35.0 Å². The fourth-order valence-corrected chi connectivity index (χ4v) is 2.39. The van der Waals surface area contributed by atoms with E-state index in [0.29, 0.717) is 0 Å². The molecule has 3 heteroatoms. The van der Waals surface area contributed by atoms with Gasteiger partial charge in [0, 0.05) is 17.2 Å². The molecule has 0 amide bonds. The number of halogens is 2. The van der Waals surface area contributed by atoms with Gasteiger partial charge in [-0.2, -0.15) is 0 Å².